The van der Waals surface area contributed by atoms with Crippen molar-refractivity contribution < 1.29 is 23.1 Å². The van der Waals surface area contributed by atoms with Gasteiger partial charge in [0.15, 0.2) is 0 Å². The molecule has 1 aromatic carbocycles. The van der Waals surface area contributed by atoms with E-state index >= 15 is 0 Å². The van der Waals surface area contributed by atoms with E-state index in [1.54, 1.807) is 0 Å². The maximum atomic E-state index is 10.6. The van der Waals surface area contributed by atoms with Gasteiger partial charge in [0.2, 0.25) is 0 Å². The van der Waals surface area contributed by atoms with Gasteiger partial charge in [-0.3, -0.25) is 0 Å². The summed E-state index contributed by atoms with van der Waals surface area (Å²) in [5, 5.41) is 19.3. The number of hydrogen-bond donors (Lipinski definition) is 2. The molecule has 3 rings (SSSR count). The molecule has 8 heteroatoms. The van der Waals surface area contributed by atoms with Crippen LogP contribution >= 0.6 is 0 Å². The van der Waals surface area contributed by atoms with Crippen LogP contribution in [0.2, 0.25) is 0 Å². The van der Waals surface area contributed by atoms with Crippen LogP contribution < -0.4 is 10.2 Å². The second-order valence-electron chi connectivity index (χ2n) is 6.07. The number of nitriles is 1. The number of halogens is 3. The Morgan fingerprint density at radius 3 is 2.12 bits per heavy atom. The fraction of sp³-hybridized carbons (Fsp3) is 0.500. The average Bonchev–Trinajstić information content (AvgIpc) is 2.53. The molecule has 0 unspecified atom stereocenters. The zero-order chi connectivity index (χ0) is 17.8. The Morgan fingerprint density at radius 2 is 1.71 bits per heavy atom. The zero-order valence-electron chi connectivity index (χ0n) is 12.9. The molecule has 2 fully saturated rings. The number of benzene rings is 1. The van der Waals surface area contributed by atoms with Gasteiger partial charge in [0.25, 0.3) is 0 Å². The number of piperidine rings is 1. The van der Waals surface area contributed by atoms with Gasteiger partial charge in [0.1, 0.15) is 0 Å². The lowest BCUT2D eigenvalue weighted by atomic mass is 9.72. The van der Waals surface area contributed by atoms with Crippen LogP contribution in [0.15, 0.2) is 24.3 Å². The van der Waals surface area contributed by atoms with E-state index in [0.29, 0.717) is 5.41 Å². The minimum atomic E-state index is -5.08. The number of alkyl halides is 3. The molecule has 1 spiro atoms. The summed E-state index contributed by atoms with van der Waals surface area (Å²) >= 11 is 0. The maximum Gasteiger partial charge on any atom is 0.490 e. The van der Waals surface area contributed by atoms with E-state index in [2.05, 4.69) is 28.4 Å². The van der Waals surface area contributed by atoms with E-state index in [-0.39, 0.29) is 0 Å². The Kier molecular flexibility index (Phi) is 5.34. The lowest BCUT2D eigenvalue weighted by Gasteiger charge is -2.53. The highest BCUT2D eigenvalue weighted by Gasteiger charge is 2.43. The molecule has 0 aromatic heterocycles. The van der Waals surface area contributed by atoms with Crippen molar-refractivity contribution in [3.8, 4) is 6.07 Å². The van der Waals surface area contributed by atoms with E-state index in [4.69, 9.17) is 15.2 Å². The fourth-order valence-electron chi connectivity index (χ4n) is 2.97. The molecule has 0 saturated carbocycles. The minimum Gasteiger partial charge on any atom is -0.475 e. The number of aliphatic carboxylic acids is 1. The predicted molar refractivity (Wildman–Crippen MR) is 81.6 cm³/mol. The lowest BCUT2D eigenvalue weighted by Crippen LogP contribution is -2.60. The summed E-state index contributed by atoms with van der Waals surface area (Å²) in [6.07, 6.45) is -2.47. The average molecular weight is 341 g/mol. The Bertz CT molecular complexity index is 609. The van der Waals surface area contributed by atoms with E-state index < -0.39 is 12.1 Å². The van der Waals surface area contributed by atoms with Gasteiger partial charge in [-0.25, -0.2) is 4.79 Å². The molecule has 2 aliphatic heterocycles. The van der Waals surface area contributed by atoms with Crippen LogP contribution in [0.4, 0.5) is 18.9 Å². The van der Waals surface area contributed by atoms with Gasteiger partial charge >= 0.3 is 12.1 Å². The SMILES string of the molecule is N#Cc1ccc(N2CC3(CCNCC3)C2)cc1.O=C(O)C(F)(F)F. The van der Waals surface area contributed by atoms with Gasteiger partial charge in [0, 0.05) is 24.2 Å². The van der Waals surface area contributed by atoms with Gasteiger partial charge in [0.05, 0.1) is 11.6 Å². The normalized spacial score (nSPS) is 18.8. The molecule has 0 radical (unpaired) electrons. The van der Waals surface area contributed by atoms with E-state index in [9.17, 15) is 13.2 Å². The Labute approximate surface area is 137 Å². The van der Waals surface area contributed by atoms with Gasteiger partial charge in [-0.05, 0) is 50.2 Å². The van der Waals surface area contributed by atoms with Gasteiger partial charge in [-0.2, -0.15) is 18.4 Å². The summed E-state index contributed by atoms with van der Waals surface area (Å²) in [4.78, 5) is 11.3. The smallest absolute Gasteiger partial charge is 0.475 e. The van der Waals surface area contributed by atoms with Crippen molar-refractivity contribution in [2.45, 2.75) is 19.0 Å². The molecule has 0 bridgehead atoms. The number of carboxylic acids is 1. The molecule has 0 aliphatic carbocycles. The van der Waals surface area contributed by atoms with Crippen LogP contribution in [0, 0.1) is 16.7 Å². The summed E-state index contributed by atoms with van der Waals surface area (Å²) in [5.74, 6) is -2.76. The number of rotatable bonds is 1. The first-order valence-corrected chi connectivity index (χ1v) is 7.52. The van der Waals surface area contributed by atoms with E-state index in [0.717, 1.165) is 5.56 Å². The van der Waals surface area contributed by atoms with Crippen molar-refractivity contribution >= 4 is 11.7 Å². The first-order chi connectivity index (χ1) is 11.3. The van der Waals surface area contributed by atoms with Crippen LogP contribution in [-0.4, -0.2) is 43.4 Å². The summed E-state index contributed by atoms with van der Waals surface area (Å²) in [7, 11) is 0. The van der Waals surface area contributed by atoms with Crippen molar-refractivity contribution in [3.63, 3.8) is 0 Å². The van der Waals surface area contributed by atoms with Gasteiger partial charge in [-0.1, -0.05) is 0 Å². The number of carbonyl (C=O) groups is 1. The fourth-order valence-corrected chi connectivity index (χ4v) is 2.97. The monoisotopic (exact) mass is 341 g/mol. The highest BCUT2D eigenvalue weighted by molar-refractivity contribution is 5.73. The molecular formula is C16H18F3N3O2. The number of nitrogens with one attached hydrogen (secondary N) is 1. The van der Waals surface area contributed by atoms with Crippen molar-refractivity contribution in [2.24, 2.45) is 5.41 Å². The molecule has 5 nitrogen and oxygen atoms in total. The molecule has 1 aromatic rings. The molecule has 130 valence electrons. The number of anilines is 1. The predicted octanol–water partition coefficient (Wildman–Crippen LogP) is 2.38. The van der Waals surface area contributed by atoms with Crippen LogP contribution in [0.5, 0.6) is 0 Å². The highest BCUT2D eigenvalue weighted by atomic mass is 19.4. The van der Waals surface area contributed by atoms with Crippen molar-refractivity contribution in [1.82, 2.24) is 5.32 Å². The molecule has 0 amide bonds. The number of nitrogens with zero attached hydrogens (tertiary/aromatic N) is 2. The van der Waals surface area contributed by atoms with Crippen LogP contribution in [-0.2, 0) is 4.79 Å². The first kappa shape index (κ1) is 18.1. The molecular weight excluding hydrogens is 323 g/mol. The Hall–Kier alpha value is -2.27. The van der Waals surface area contributed by atoms with Crippen molar-refractivity contribution in [3.05, 3.63) is 29.8 Å². The van der Waals surface area contributed by atoms with Crippen LogP contribution in [0.3, 0.4) is 0 Å². The van der Waals surface area contributed by atoms with E-state index in [1.807, 2.05) is 12.1 Å². The standard InChI is InChI=1S/C14H17N3.C2HF3O2/c15-9-12-1-3-13(4-2-12)17-10-14(11-17)5-7-16-8-6-14;3-2(4,5)1(6)7/h1-4,16H,5-8,10-11H2;(H,6,7). The lowest BCUT2D eigenvalue weighted by molar-refractivity contribution is -0.192. The summed E-state index contributed by atoms with van der Waals surface area (Å²) < 4.78 is 31.7. The van der Waals surface area contributed by atoms with Crippen molar-refractivity contribution in [1.29, 1.82) is 5.26 Å². The maximum absolute atomic E-state index is 10.6. The summed E-state index contributed by atoms with van der Waals surface area (Å²) in [5.41, 5.74) is 2.57. The second kappa shape index (κ2) is 7.09. The molecule has 0 atom stereocenters. The van der Waals surface area contributed by atoms with Gasteiger partial charge in [-0.15, -0.1) is 0 Å². The number of hydrogen-bond acceptors (Lipinski definition) is 4. The van der Waals surface area contributed by atoms with Crippen LogP contribution in [0.25, 0.3) is 0 Å². The van der Waals surface area contributed by atoms with Crippen LogP contribution in [0.1, 0.15) is 18.4 Å². The molecule has 2 saturated heterocycles. The first-order valence-electron chi connectivity index (χ1n) is 7.52. The molecule has 2 aliphatic rings. The second-order valence-corrected chi connectivity index (χ2v) is 6.07. The Morgan fingerprint density at radius 1 is 1.21 bits per heavy atom. The minimum absolute atomic E-state index is 0.569. The topological polar surface area (TPSA) is 76.4 Å². The third-order valence-electron chi connectivity index (χ3n) is 4.32. The molecule has 2 N–H and O–H groups in total. The molecule has 24 heavy (non-hydrogen) atoms. The third-order valence-corrected chi connectivity index (χ3v) is 4.32. The zero-order valence-corrected chi connectivity index (χ0v) is 12.9. The Balaban J connectivity index is 0.000000256. The highest BCUT2D eigenvalue weighted by Crippen LogP contribution is 2.40. The van der Waals surface area contributed by atoms with Crippen molar-refractivity contribution in [2.75, 3.05) is 31.1 Å². The summed E-state index contributed by atoms with van der Waals surface area (Å²) in [6, 6.07) is 10.1. The molecule has 2 heterocycles. The summed E-state index contributed by atoms with van der Waals surface area (Å²) in [6.45, 7) is 4.70. The third kappa shape index (κ3) is 4.38. The van der Waals surface area contributed by atoms with E-state index in [1.165, 1.54) is 44.7 Å². The van der Waals surface area contributed by atoms with Gasteiger partial charge < -0.3 is 15.3 Å². The quantitative estimate of drug-likeness (QED) is 0.820. The number of carboxylic acid groups (broad SMARTS) is 1. The largest absolute Gasteiger partial charge is 0.490 e.